The minimum atomic E-state index is -0.524. The zero-order valence-electron chi connectivity index (χ0n) is 12.5. The van der Waals surface area contributed by atoms with E-state index in [0.29, 0.717) is 25.4 Å². The SMILES string of the molecule is COCc1cc(C(=O)N2CCNCC2C(=O)N(C)C)no1. The molecule has 0 saturated carbocycles. The molecule has 0 aromatic carbocycles. The van der Waals surface area contributed by atoms with Crippen molar-refractivity contribution in [3.05, 3.63) is 17.5 Å². The molecule has 1 fully saturated rings. The smallest absolute Gasteiger partial charge is 0.276 e. The lowest BCUT2D eigenvalue weighted by molar-refractivity contribution is -0.134. The molecule has 1 aromatic rings. The van der Waals surface area contributed by atoms with E-state index < -0.39 is 6.04 Å². The van der Waals surface area contributed by atoms with E-state index in [1.54, 1.807) is 20.2 Å². The van der Waals surface area contributed by atoms with Crippen molar-refractivity contribution < 1.29 is 18.8 Å². The second-order valence-corrected chi connectivity index (χ2v) is 5.06. The number of carbonyl (C=O) groups excluding carboxylic acids is 2. The highest BCUT2D eigenvalue weighted by Crippen LogP contribution is 2.13. The fourth-order valence-electron chi connectivity index (χ4n) is 2.24. The molecule has 8 heteroatoms. The number of hydrogen-bond donors (Lipinski definition) is 1. The van der Waals surface area contributed by atoms with Crippen LogP contribution in [0, 0.1) is 0 Å². The van der Waals surface area contributed by atoms with Crippen LogP contribution < -0.4 is 5.32 Å². The van der Waals surface area contributed by atoms with E-state index in [1.807, 2.05) is 0 Å². The highest BCUT2D eigenvalue weighted by molar-refractivity contribution is 5.96. The van der Waals surface area contributed by atoms with Crippen molar-refractivity contribution in [2.24, 2.45) is 0 Å². The first-order valence-electron chi connectivity index (χ1n) is 6.72. The van der Waals surface area contributed by atoms with Crippen LogP contribution in [-0.4, -0.2) is 73.7 Å². The van der Waals surface area contributed by atoms with E-state index in [0.717, 1.165) is 0 Å². The summed E-state index contributed by atoms with van der Waals surface area (Å²) in [4.78, 5) is 27.7. The van der Waals surface area contributed by atoms with Crippen molar-refractivity contribution in [2.75, 3.05) is 40.8 Å². The van der Waals surface area contributed by atoms with Gasteiger partial charge in [0.2, 0.25) is 5.91 Å². The summed E-state index contributed by atoms with van der Waals surface area (Å²) in [5.74, 6) is 0.0606. The largest absolute Gasteiger partial charge is 0.377 e. The van der Waals surface area contributed by atoms with Gasteiger partial charge in [-0.15, -0.1) is 0 Å². The molecule has 1 N–H and O–H groups in total. The van der Waals surface area contributed by atoms with Crippen LogP contribution in [-0.2, 0) is 16.1 Å². The van der Waals surface area contributed by atoms with Gasteiger partial charge >= 0.3 is 0 Å². The lowest BCUT2D eigenvalue weighted by atomic mass is 10.1. The Morgan fingerprint density at radius 3 is 3.00 bits per heavy atom. The molecule has 0 aliphatic carbocycles. The Morgan fingerprint density at radius 1 is 1.57 bits per heavy atom. The fourth-order valence-corrected chi connectivity index (χ4v) is 2.24. The summed E-state index contributed by atoms with van der Waals surface area (Å²) >= 11 is 0. The van der Waals surface area contributed by atoms with Crippen LogP contribution in [0.5, 0.6) is 0 Å². The van der Waals surface area contributed by atoms with Crippen molar-refractivity contribution in [1.82, 2.24) is 20.3 Å². The van der Waals surface area contributed by atoms with Gasteiger partial charge in [-0.25, -0.2) is 0 Å². The molecule has 1 aromatic heterocycles. The van der Waals surface area contributed by atoms with Gasteiger partial charge < -0.3 is 24.4 Å². The molecule has 1 aliphatic heterocycles. The Bertz CT molecular complexity index is 514. The summed E-state index contributed by atoms with van der Waals surface area (Å²) in [6.45, 7) is 1.79. The van der Waals surface area contributed by atoms with Crippen LogP contribution in [0.25, 0.3) is 0 Å². The second-order valence-electron chi connectivity index (χ2n) is 5.06. The van der Waals surface area contributed by atoms with Crippen molar-refractivity contribution in [2.45, 2.75) is 12.6 Å². The molecular weight excluding hydrogens is 276 g/mol. The van der Waals surface area contributed by atoms with Gasteiger partial charge in [-0.1, -0.05) is 5.16 Å². The van der Waals surface area contributed by atoms with Crippen molar-refractivity contribution in [3.63, 3.8) is 0 Å². The normalized spacial score (nSPS) is 18.6. The van der Waals surface area contributed by atoms with Gasteiger partial charge in [0.15, 0.2) is 11.5 Å². The van der Waals surface area contributed by atoms with Crippen LogP contribution in [0.3, 0.4) is 0 Å². The van der Waals surface area contributed by atoms with Crippen molar-refractivity contribution in [1.29, 1.82) is 0 Å². The molecule has 2 amide bonds. The highest BCUT2D eigenvalue weighted by Gasteiger charge is 2.34. The summed E-state index contributed by atoms with van der Waals surface area (Å²) in [5.41, 5.74) is 0.195. The Labute approximate surface area is 123 Å². The molecule has 1 aliphatic rings. The van der Waals surface area contributed by atoms with E-state index >= 15 is 0 Å². The molecule has 0 bridgehead atoms. The lowest BCUT2D eigenvalue weighted by Crippen LogP contribution is -2.59. The number of likely N-dealkylation sites (N-methyl/N-ethyl adjacent to an activating group) is 1. The van der Waals surface area contributed by atoms with Gasteiger partial charge in [0.05, 0.1) is 0 Å². The zero-order chi connectivity index (χ0) is 15.4. The predicted molar refractivity (Wildman–Crippen MR) is 73.6 cm³/mol. The number of hydrogen-bond acceptors (Lipinski definition) is 6. The quantitative estimate of drug-likeness (QED) is 0.792. The van der Waals surface area contributed by atoms with E-state index in [2.05, 4.69) is 10.5 Å². The first-order valence-corrected chi connectivity index (χ1v) is 6.72. The van der Waals surface area contributed by atoms with Gasteiger partial charge in [-0.05, 0) is 0 Å². The van der Waals surface area contributed by atoms with Gasteiger partial charge in [0, 0.05) is 46.9 Å². The number of ether oxygens (including phenoxy) is 1. The van der Waals surface area contributed by atoms with Crippen LogP contribution in [0.4, 0.5) is 0 Å². The molecule has 21 heavy (non-hydrogen) atoms. The molecular formula is C13H20N4O4. The molecule has 2 rings (SSSR count). The zero-order valence-corrected chi connectivity index (χ0v) is 12.5. The number of carbonyl (C=O) groups is 2. The summed E-state index contributed by atoms with van der Waals surface area (Å²) in [7, 11) is 4.88. The van der Waals surface area contributed by atoms with E-state index in [9.17, 15) is 9.59 Å². The number of rotatable bonds is 4. The minimum Gasteiger partial charge on any atom is -0.377 e. The number of nitrogens with one attached hydrogen (secondary N) is 1. The molecule has 116 valence electrons. The fraction of sp³-hybridized carbons (Fsp3) is 0.615. The average molecular weight is 296 g/mol. The lowest BCUT2D eigenvalue weighted by Gasteiger charge is -2.35. The number of methoxy groups -OCH3 is 1. The molecule has 1 atom stereocenters. The average Bonchev–Trinajstić information content (AvgIpc) is 2.94. The maximum Gasteiger partial charge on any atom is 0.276 e. The highest BCUT2D eigenvalue weighted by atomic mass is 16.5. The number of piperazine rings is 1. The summed E-state index contributed by atoms with van der Waals surface area (Å²) in [6.07, 6.45) is 0. The van der Waals surface area contributed by atoms with Gasteiger partial charge in [-0.2, -0.15) is 0 Å². The Morgan fingerprint density at radius 2 is 2.33 bits per heavy atom. The standard InChI is InChI=1S/C13H20N4O4/c1-16(2)13(19)11-7-14-4-5-17(11)12(18)10-6-9(8-20-3)21-15-10/h6,11,14H,4-5,7-8H2,1-3H3. The molecule has 1 unspecified atom stereocenters. The maximum absolute atomic E-state index is 12.5. The Balaban J connectivity index is 2.16. The van der Waals surface area contributed by atoms with Gasteiger partial charge in [0.25, 0.3) is 5.91 Å². The number of nitrogens with zero attached hydrogens (tertiary/aromatic N) is 3. The molecule has 0 radical (unpaired) electrons. The Kier molecular flexibility index (Phi) is 4.92. The number of amides is 2. The first-order chi connectivity index (χ1) is 10.0. The van der Waals surface area contributed by atoms with Crippen molar-refractivity contribution >= 4 is 11.8 Å². The third-order valence-corrected chi connectivity index (χ3v) is 3.29. The van der Waals surface area contributed by atoms with Crippen LogP contribution in [0.2, 0.25) is 0 Å². The van der Waals surface area contributed by atoms with Crippen LogP contribution in [0.1, 0.15) is 16.2 Å². The van der Waals surface area contributed by atoms with E-state index in [-0.39, 0.29) is 24.1 Å². The van der Waals surface area contributed by atoms with Gasteiger partial charge in [0.1, 0.15) is 12.6 Å². The van der Waals surface area contributed by atoms with Crippen LogP contribution >= 0.6 is 0 Å². The third kappa shape index (κ3) is 3.40. The molecule has 2 heterocycles. The monoisotopic (exact) mass is 296 g/mol. The van der Waals surface area contributed by atoms with E-state index in [1.165, 1.54) is 16.9 Å². The minimum absolute atomic E-state index is 0.115. The predicted octanol–water partition coefficient (Wildman–Crippen LogP) is -0.677. The van der Waals surface area contributed by atoms with Crippen LogP contribution in [0.15, 0.2) is 10.6 Å². The van der Waals surface area contributed by atoms with Crippen molar-refractivity contribution in [3.8, 4) is 0 Å². The van der Waals surface area contributed by atoms with Gasteiger partial charge in [-0.3, -0.25) is 9.59 Å². The molecule has 0 spiro atoms. The molecule has 1 saturated heterocycles. The first kappa shape index (κ1) is 15.5. The summed E-state index contributed by atoms with van der Waals surface area (Å²) in [6, 6.07) is 1.02. The summed E-state index contributed by atoms with van der Waals surface area (Å²) in [5, 5.41) is 6.88. The Hall–Kier alpha value is -1.93. The third-order valence-electron chi connectivity index (χ3n) is 3.29. The molecule has 8 nitrogen and oxygen atoms in total. The summed E-state index contributed by atoms with van der Waals surface area (Å²) < 4.78 is 9.95. The number of aromatic nitrogens is 1. The maximum atomic E-state index is 12.5. The van der Waals surface area contributed by atoms with E-state index in [4.69, 9.17) is 9.26 Å². The topological polar surface area (TPSA) is 87.9 Å². The second kappa shape index (κ2) is 6.68.